The second kappa shape index (κ2) is 16.0. The summed E-state index contributed by atoms with van der Waals surface area (Å²) in [6.45, 7) is 0.791. The Morgan fingerprint density at radius 1 is 0.818 bits per heavy atom. The molecule has 2 aromatic rings. The van der Waals surface area contributed by atoms with Gasteiger partial charge in [0.25, 0.3) is 0 Å². The zero-order valence-corrected chi connectivity index (χ0v) is 19.6. The average Bonchev–Trinajstić information content (AvgIpc) is 3.28. The molecule has 0 fully saturated rings. The standard InChI is InChI=1S/C24H38N4O5/c29-22(30)16-14-12-10-8-6-4-2-1-3-5-7-9-11-13-15-19-25-20-17-18-21(28(31)32)24-23(20)26-33-27-24/h17-18,25H,1-16,19H2,(H,29,30). The topological polar surface area (TPSA) is 131 Å². The number of nitro benzene ring substituents is 1. The molecule has 0 radical (unpaired) electrons. The molecule has 2 rings (SSSR count). The number of hydrogen-bond donors (Lipinski definition) is 2. The number of nitrogens with one attached hydrogen (secondary N) is 1. The van der Waals surface area contributed by atoms with Gasteiger partial charge in [0.15, 0.2) is 5.52 Å². The monoisotopic (exact) mass is 462 g/mol. The summed E-state index contributed by atoms with van der Waals surface area (Å²) < 4.78 is 4.68. The molecular weight excluding hydrogens is 424 g/mol. The van der Waals surface area contributed by atoms with Crippen LogP contribution in [0.3, 0.4) is 0 Å². The lowest BCUT2D eigenvalue weighted by Crippen LogP contribution is -2.02. The molecule has 0 aliphatic heterocycles. The first-order valence-electron chi connectivity index (χ1n) is 12.4. The molecule has 1 aromatic carbocycles. The van der Waals surface area contributed by atoms with Crippen LogP contribution in [0.4, 0.5) is 11.4 Å². The third-order valence-electron chi connectivity index (χ3n) is 5.97. The van der Waals surface area contributed by atoms with Gasteiger partial charge in [0, 0.05) is 19.0 Å². The van der Waals surface area contributed by atoms with Crippen LogP contribution >= 0.6 is 0 Å². The van der Waals surface area contributed by atoms with E-state index in [4.69, 9.17) is 5.11 Å². The number of benzene rings is 1. The first-order valence-corrected chi connectivity index (χ1v) is 12.4. The maximum absolute atomic E-state index is 11.0. The Morgan fingerprint density at radius 2 is 1.30 bits per heavy atom. The van der Waals surface area contributed by atoms with Crippen molar-refractivity contribution < 1.29 is 19.5 Å². The van der Waals surface area contributed by atoms with E-state index in [0.29, 0.717) is 11.9 Å². The van der Waals surface area contributed by atoms with E-state index in [1.807, 2.05) is 0 Å². The van der Waals surface area contributed by atoms with E-state index in [-0.39, 0.29) is 11.2 Å². The van der Waals surface area contributed by atoms with E-state index in [1.165, 1.54) is 76.7 Å². The minimum absolute atomic E-state index is 0.0956. The fourth-order valence-corrected chi connectivity index (χ4v) is 4.07. The summed E-state index contributed by atoms with van der Waals surface area (Å²) in [5.41, 5.74) is 1.20. The predicted molar refractivity (Wildman–Crippen MR) is 128 cm³/mol. The van der Waals surface area contributed by atoms with Gasteiger partial charge >= 0.3 is 11.7 Å². The highest BCUT2D eigenvalue weighted by Crippen LogP contribution is 2.28. The molecule has 0 saturated carbocycles. The first-order chi connectivity index (χ1) is 16.1. The number of carboxylic acids is 1. The van der Waals surface area contributed by atoms with E-state index >= 15 is 0 Å². The zero-order chi connectivity index (χ0) is 23.7. The van der Waals surface area contributed by atoms with E-state index < -0.39 is 10.9 Å². The van der Waals surface area contributed by atoms with Crippen LogP contribution in [0, 0.1) is 10.1 Å². The molecule has 2 N–H and O–H groups in total. The van der Waals surface area contributed by atoms with Crippen molar-refractivity contribution >= 4 is 28.4 Å². The predicted octanol–water partition coefficient (Wildman–Crippen LogP) is 6.87. The number of aromatic nitrogens is 2. The molecule has 0 unspecified atom stereocenters. The van der Waals surface area contributed by atoms with Crippen molar-refractivity contribution in [3.05, 3.63) is 22.2 Å². The summed E-state index contributed by atoms with van der Waals surface area (Å²) >= 11 is 0. The molecule has 0 bridgehead atoms. The molecule has 0 amide bonds. The van der Waals surface area contributed by atoms with Crippen molar-refractivity contribution in [2.45, 2.75) is 103 Å². The summed E-state index contributed by atoms with van der Waals surface area (Å²) in [7, 11) is 0. The number of carbonyl (C=O) groups is 1. The number of non-ortho nitro benzene ring substituents is 1. The van der Waals surface area contributed by atoms with Crippen molar-refractivity contribution in [2.24, 2.45) is 0 Å². The van der Waals surface area contributed by atoms with Gasteiger partial charge in [-0.2, -0.15) is 0 Å². The van der Waals surface area contributed by atoms with Crippen molar-refractivity contribution in [3.63, 3.8) is 0 Å². The number of nitrogens with zero attached hydrogens (tertiary/aromatic N) is 3. The number of aliphatic carboxylic acids is 1. The third kappa shape index (κ3) is 10.6. The molecule has 0 spiro atoms. The Hall–Kier alpha value is -2.71. The summed E-state index contributed by atoms with van der Waals surface area (Å²) in [5, 5.41) is 30.3. The largest absolute Gasteiger partial charge is 0.481 e. The van der Waals surface area contributed by atoms with Crippen molar-refractivity contribution in [3.8, 4) is 0 Å². The van der Waals surface area contributed by atoms with Crippen LogP contribution in [0.5, 0.6) is 0 Å². The molecule has 9 nitrogen and oxygen atoms in total. The van der Waals surface area contributed by atoms with Crippen LogP contribution in [0.2, 0.25) is 0 Å². The lowest BCUT2D eigenvalue weighted by molar-refractivity contribution is -0.383. The second-order valence-corrected chi connectivity index (χ2v) is 8.72. The quantitative estimate of drug-likeness (QED) is 0.124. The van der Waals surface area contributed by atoms with Crippen molar-refractivity contribution in [2.75, 3.05) is 11.9 Å². The summed E-state index contributed by atoms with van der Waals surface area (Å²) in [6, 6.07) is 3.09. The summed E-state index contributed by atoms with van der Waals surface area (Å²) in [4.78, 5) is 21.0. The number of nitro groups is 1. The number of hydrogen-bond acceptors (Lipinski definition) is 7. The minimum atomic E-state index is -0.682. The zero-order valence-electron chi connectivity index (χ0n) is 19.6. The Bertz CT molecular complexity index is 839. The van der Waals surface area contributed by atoms with Crippen LogP contribution in [-0.4, -0.2) is 32.9 Å². The average molecular weight is 463 g/mol. The van der Waals surface area contributed by atoms with Crippen LogP contribution in [-0.2, 0) is 4.79 Å². The SMILES string of the molecule is O=C(O)CCCCCCCCCCCCCCCCCNc1ccc([N+](=O)[O-])c2nonc12. The van der Waals surface area contributed by atoms with Gasteiger partial charge < -0.3 is 10.4 Å². The van der Waals surface area contributed by atoms with Gasteiger partial charge in [0.1, 0.15) is 0 Å². The van der Waals surface area contributed by atoms with Crippen LogP contribution in [0.1, 0.15) is 103 Å². The third-order valence-corrected chi connectivity index (χ3v) is 5.97. The highest BCUT2D eigenvalue weighted by Gasteiger charge is 2.19. The van der Waals surface area contributed by atoms with E-state index in [9.17, 15) is 14.9 Å². The number of carboxylic acid groups (broad SMARTS) is 1. The number of unbranched alkanes of at least 4 members (excludes halogenated alkanes) is 14. The highest BCUT2D eigenvalue weighted by molar-refractivity contribution is 5.93. The van der Waals surface area contributed by atoms with E-state index in [1.54, 1.807) is 6.07 Å². The van der Waals surface area contributed by atoms with E-state index in [0.717, 1.165) is 37.9 Å². The van der Waals surface area contributed by atoms with Crippen LogP contribution in [0.25, 0.3) is 11.0 Å². The molecule has 184 valence electrons. The Morgan fingerprint density at radius 3 is 1.82 bits per heavy atom. The molecule has 0 aliphatic rings. The van der Waals surface area contributed by atoms with Gasteiger partial charge in [0.2, 0.25) is 5.52 Å². The normalized spacial score (nSPS) is 11.2. The van der Waals surface area contributed by atoms with Crippen molar-refractivity contribution in [1.29, 1.82) is 0 Å². The summed E-state index contributed by atoms with van der Waals surface area (Å²) in [6.07, 6.45) is 18.4. The molecule has 33 heavy (non-hydrogen) atoms. The molecule has 0 aliphatic carbocycles. The maximum Gasteiger partial charge on any atom is 0.303 e. The highest BCUT2D eigenvalue weighted by atomic mass is 16.6. The maximum atomic E-state index is 11.0. The fraction of sp³-hybridized carbons (Fsp3) is 0.708. The minimum Gasteiger partial charge on any atom is -0.481 e. The second-order valence-electron chi connectivity index (χ2n) is 8.72. The van der Waals surface area contributed by atoms with Gasteiger partial charge in [-0.15, -0.1) is 0 Å². The Labute approximate surface area is 195 Å². The first kappa shape index (κ1) is 26.5. The lowest BCUT2D eigenvalue weighted by Gasteiger charge is -2.06. The molecule has 0 saturated heterocycles. The van der Waals surface area contributed by atoms with Crippen LogP contribution < -0.4 is 5.32 Å². The lowest BCUT2D eigenvalue weighted by atomic mass is 10.0. The fourth-order valence-electron chi connectivity index (χ4n) is 4.07. The van der Waals surface area contributed by atoms with Gasteiger partial charge in [0.05, 0.1) is 10.6 Å². The number of fused-ring (bicyclic) bond motifs is 1. The van der Waals surface area contributed by atoms with Gasteiger partial charge in [-0.05, 0) is 29.2 Å². The van der Waals surface area contributed by atoms with Gasteiger partial charge in [-0.1, -0.05) is 83.5 Å². The molecule has 1 aromatic heterocycles. The smallest absolute Gasteiger partial charge is 0.303 e. The number of anilines is 1. The van der Waals surface area contributed by atoms with Crippen molar-refractivity contribution in [1.82, 2.24) is 10.3 Å². The molecular formula is C24H38N4O5. The van der Waals surface area contributed by atoms with E-state index in [2.05, 4.69) is 20.3 Å². The number of rotatable bonds is 20. The summed E-state index contributed by atoms with van der Waals surface area (Å²) in [5.74, 6) is -0.682. The van der Waals surface area contributed by atoms with Gasteiger partial charge in [-0.25, -0.2) is 4.63 Å². The Kier molecular flexibility index (Phi) is 12.9. The molecule has 9 heteroatoms. The van der Waals surface area contributed by atoms with Gasteiger partial charge in [-0.3, -0.25) is 14.9 Å². The molecule has 0 atom stereocenters. The Balaban J connectivity index is 1.38. The van der Waals surface area contributed by atoms with Crippen LogP contribution in [0.15, 0.2) is 16.8 Å². The molecule has 1 heterocycles.